The molecule has 4 rings (SSSR count). The fourth-order valence-corrected chi connectivity index (χ4v) is 4.86. The first kappa shape index (κ1) is 21.4. The molecule has 164 valence electrons. The fraction of sp³-hybridized carbons (Fsp3) is 0.500. The van der Waals surface area contributed by atoms with Gasteiger partial charge in [-0.2, -0.15) is 0 Å². The molecule has 8 nitrogen and oxygen atoms in total. The number of carbonyl (C=O) groups is 1. The second kappa shape index (κ2) is 8.74. The first-order valence-electron chi connectivity index (χ1n) is 10.7. The van der Waals surface area contributed by atoms with Gasteiger partial charge in [0.05, 0.1) is 12.0 Å². The van der Waals surface area contributed by atoms with Crippen molar-refractivity contribution < 1.29 is 9.53 Å². The molecule has 3 aromatic rings. The first-order valence-corrected chi connectivity index (χ1v) is 11.5. The fourth-order valence-electron chi connectivity index (χ4n) is 3.83. The van der Waals surface area contributed by atoms with E-state index < -0.39 is 0 Å². The van der Waals surface area contributed by atoms with E-state index in [0.717, 1.165) is 65.1 Å². The molecule has 0 N–H and O–H groups in total. The van der Waals surface area contributed by atoms with Gasteiger partial charge in [0, 0.05) is 43.9 Å². The largest absolute Gasteiger partial charge is 0.462 e. The molecule has 0 amide bonds. The monoisotopic (exact) mass is 440 g/mol. The maximum Gasteiger partial charge on any atom is 0.348 e. The van der Waals surface area contributed by atoms with E-state index in [9.17, 15) is 4.79 Å². The van der Waals surface area contributed by atoms with E-state index in [0.29, 0.717) is 17.4 Å². The maximum absolute atomic E-state index is 12.3. The summed E-state index contributed by atoms with van der Waals surface area (Å²) in [4.78, 5) is 36.7. The minimum atomic E-state index is -0.293. The summed E-state index contributed by atoms with van der Waals surface area (Å²) < 4.78 is 5.21. The third-order valence-electron chi connectivity index (χ3n) is 5.45. The number of fused-ring (bicyclic) bond motifs is 1. The predicted octanol–water partition coefficient (Wildman–Crippen LogP) is 3.72. The minimum Gasteiger partial charge on any atom is -0.462 e. The molecule has 31 heavy (non-hydrogen) atoms. The van der Waals surface area contributed by atoms with Crippen molar-refractivity contribution in [3.63, 3.8) is 0 Å². The number of esters is 1. The van der Waals surface area contributed by atoms with Gasteiger partial charge in [0.25, 0.3) is 0 Å². The number of aromatic nitrogens is 4. The van der Waals surface area contributed by atoms with Gasteiger partial charge in [-0.1, -0.05) is 13.8 Å². The quantitative estimate of drug-likeness (QED) is 0.555. The molecule has 0 radical (unpaired) electrons. The highest BCUT2D eigenvalue weighted by molar-refractivity contribution is 7.20. The van der Waals surface area contributed by atoms with Gasteiger partial charge in [-0.05, 0) is 26.3 Å². The lowest BCUT2D eigenvalue weighted by Gasteiger charge is -2.36. The molecule has 1 aliphatic heterocycles. The van der Waals surface area contributed by atoms with Gasteiger partial charge in [0.15, 0.2) is 0 Å². The van der Waals surface area contributed by atoms with Crippen LogP contribution in [0, 0.1) is 13.8 Å². The summed E-state index contributed by atoms with van der Waals surface area (Å²) >= 11 is 1.37. The maximum atomic E-state index is 12.3. The van der Waals surface area contributed by atoms with Crippen LogP contribution in [0.2, 0.25) is 0 Å². The molecule has 1 fully saturated rings. The van der Waals surface area contributed by atoms with Crippen molar-refractivity contribution in [1.82, 2.24) is 19.9 Å². The molecule has 1 aliphatic rings. The Morgan fingerprint density at radius 3 is 2.52 bits per heavy atom. The van der Waals surface area contributed by atoms with Crippen LogP contribution in [0.5, 0.6) is 0 Å². The summed E-state index contributed by atoms with van der Waals surface area (Å²) in [5.41, 5.74) is 1.89. The van der Waals surface area contributed by atoms with Crippen molar-refractivity contribution in [3.05, 3.63) is 34.4 Å². The second-order valence-corrected chi connectivity index (χ2v) is 9.01. The molecule has 0 saturated carbocycles. The number of piperazine rings is 1. The summed E-state index contributed by atoms with van der Waals surface area (Å²) in [5.74, 6) is 2.76. The van der Waals surface area contributed by atoms with Gasteiger partial charge in [-0.3, -0.25) is 0 Å². The Balaban J connectivity index is 1.57. The first-order chi connectivity index (χ1) is 14.9. The highest BCUT2D eigenvalue weighted by Gasteiger charge is 2.25. The van der Waals surface area contributed by atoms with Crippen molar-refractivity contribution in [2.45, 2.75) is 40.5 Å². The van der Waals surface area contributed by atoms with E-state index in [1.54, 1.807) is 6.33 Å². The molecule has 0 atom stereocenters. The van der Waals surface area contributed by atoms with E-state index in [4.69, 9.17) is 9.72 Å². The van der Waals surface area contributed by atoms with Crippen molar-refractivity contribution in [3.8, 4) is 0 Å². The number of thiophene rings is 1. The van der Waals surface area contributed by atoms with Gasteiger partial charge < -0.3 is 14.5 Å². The van der Waals surface area contributed by atoms with Crippen molar-refractivity contribution in [2.75, 3.05) is 42.6 Å². The minimum absolute atomic E-state index is 0.293. The average Bonchev–Trinajstić information content (AvgIpc) is 3.10. The standard InChI is InChI=1S/C22H28N6O2S/c1-6-30-22(29)18-15(5)17-20(23-12-24-21(17)31-18)28-9-7-27(8-10-28)16-11-14(4)25-19(26-16)13(2)3/h11-13H,6-10H2,1-5H3. The van der Waals surface area contributed by atoms with Crippen molar-refractivity contribution in [1.29, 1.82) is 0 Å². The van der Waals surface area contributed by atoms with Crippen molar-refractivity contribution >= 4 is 39.2 Å². The van der Waals surface area contributed by atoms with E-state index in [2.05, 4.69) is 44.7 Å². The van der Waals surface area contributed by atoms with Crippen LogP contribution in [0.15, 0.2) is 12.4 Å². The number of rotatable bonds is 5. The smallest absolute Gasteiger partial charge is 0.348 e. The Morgan fingerprint density at radius 2 is 1.84 bits per heavy atom. The van der Waals surface area contributed by atoms with Gasteiger partial charge in [0.2, 0.25) is 0 Å². The molecule has 1 saturated heterocycles. The lowest BCUT2D eigenvalue weighted by atomic mass is 10.1. The van der Waals surface area contributed by atoms with Gasteiger partial charge >= 0.3 is 5.97 Å². The Bertz CT molecular complexity index is 1100. The Kier molecular flexibility index (Phi) is 6.04. The third-order valence-corrected chi connectivity index (χ3v) is 6.63. The number of anilines is 2. The molecule has 3 aromatic heterocycles. The molecular formula is C22H28N6O2S. The molecule has 0 aliphatic carbocycles. The van der Waals surface area contributed by atoms with Crippen LogP contribution in [0.1, 0.15) is 53.4 Å². The van der Waals surface area contributed by atoms with Crippen LogP contribution in [-0.4, -0.2) is 58.7 Å². The zero-order valence-electron chi connectivity index (χ0n) is 18.7. The zero-order chi connectivity index (χ0) is 22.1. The summed E-state index contributed by atoms with van der Waals surface area (Å²) in [6.45, 7) is 13.7. The number of hydrogen-bond donors (Lipinski definition) is 0. The van der Waals surface area contributed by atoms with Crippen LogP contribution in [-0.2, 0) is 4.74 Å². The number of hydrogen-bond acceptors (Lipinski definition) is 9. The van der Waals surface area contributed by atoms with Crippen molar-refractivity contribution in [2.24, 2.45) is 0 Å². The number of aryl methyl sites for hydroxylation is 2. The SMILES string of the molecule is CCOC(=O)c1sc2ncnc(N3CCN(c4cc(C)nc(C(C)C)n4)CC3)c2c1C. The Labute approximate surface area is 186 Å². The molecule has 0 spiro atoms. The number of ether oxygens (including phenoxy) is 1. The van der Waals surface area contributed by atoms with Crippen LogP contribution in [0.3, 0.4) is 0 Å². The summed E-state index contributed by atoms with van der Waals surface area (Å²) in [5, 5.41) is 0.948. The Morgan fingerprint density at radius 1 is 1.13 bits per heavy atom. The number of nitrogens with zero attached hydrogens (tertiary/aromatic N) is 6. The van der Waals surface area contributed by atoms with E-state index >= 15 is 0 Å². The van der Waals surface area contributed by atoms with E-state index in [1.165, 1.54) is 11.3 Å². The molecular weight excluding hydrogens is 412 g/mol. The average molecular weight is 441 g/mol. The highest BCUT2D eigenvalue weighted by Crippen LogP contribution is 2.35. The third kappa shape index (κ3) is 4.19. The summed E-state index contributed by atoms with van der Waals surface area (Å²) in [6.07, 6.45) is 1.58. The van der Waals surface area contributed by atoms with E-state index in [-0.39, 0.29) is 5.97 Å². The Hall–Kier alpha value is -2.81. The lowest BCUT2D eigenvalue weighted by molar-refractivity contribution is 0.0531. The number of carbonyl (C=O) groups excluding carboxylic acids is 1. The molecule has 4 heterocycles. The van der Waals surface area contributed by atoms with Crippen LogP contribution in [0.25, 0.3) is 10.2 Å². The molecule has 0 bridgehead atoms. The van der Waals surface area contributed by atoms with Crippen LogP contribution < -0.4 is 9.80 Å². The molecule has 0 unspecified atom stereocenters. The van der Waals surface area contributed by atoms with Gasteiger partial charge in [-0.15, -0.1) is 11.3 Å². The highest BCUT2D eigenvalue weighted by atomic mass is 32.1. The zero-order valence-corrected chi connectivity index (χ0v) is 19.5. The normalized spacial score (nSPS) is 14.5. The molecule has 9 heteroatoms. The van der Waals surface area contributed by atoms with Gasteiger partial charge in [0.1, 0.15) is 33.5 Å². The van der Waals surface area contributed by atoms with Crippen LogP contribution in [0.4, 0.5) is 11.6 Å². The predicted molar refractivity (Wildman–Crippen MR) is 123 cm³/mol. The summed E-state index contributed by atoms with van der Waals surface area (Å²) in [6, 6.07) is 2.05. The lowest BCUT2D eigenvalue weighted by Crippen LogP contribution is -2.47. The molecule has 0 aromatic carbocycles. The second-order valence-electron chi connectivity index (χ2n) is 8.01. The van der Waals surface area contributed by atoms with Crippen LogP contribution >= 0.6 is 11.3 Å². The van der Waals surface area contributed by atoms with Gasteiger partial charge in [-0.25, -0.2) is 24.7 Å². The van der Waals surface area contributed by atoms with E-state index in [1.807, 2.05) is 20.8 Å². The summed E-state index contributed by atoms with van der Waals surface area (Å²) in [7, 11) is 0. The topological polar surface area (TPSA) is 84.3 Å².